The van der Waals surface area contributed by atoms with E-state index in [1.165, 1.54) is 12.1 Å². The molecular formula is C14H14ClFN4. The number of hydrogen-bond donors (Lipinski definition) is 0. The zero-order chi connectivity index (χ0) is 14.3. The van der Waals surface area contributed by atoms with Crippen molar-refractivity contribution in [2.75, 3.05) is 0 Å². The Morgan fingerprint density at radius 2 is 2.15 bits per heavy atom. The van der Waals surface area contributed by atoms with Crippen LogP contribution < -0.4 is 0 Å². The molecule has 0 bridgehead atoms. The van der Waals surface area contributed by atoms with Crippen molar-refractivity contribution in [1.29, 1.82) is 0 Å². The number of hydrogen-bond acceptors (Lipinski definition) is 2. The van der Waals surface area contributed by atoms with Crippen LogP contribution in [0.3, 0.4) is 0 Å². The summed E-state index contributed by atoms with van der Waals surface area (Å²) < 4.78 is 17.2. The molecule has 0 aliphatic rings. The number of alkyl halides is 1. The number of halogens is 2. The van der Waals surface area contributed by atoms with Gasteiger partial charge < -0.3 is 4.57 Å². The van der Waals surface area contributed by atoms with Crippen LogP contribution in [0.25, 0.3) is 11.0 Å². The monoisotopic (exact) mass is 292 g/mol. The number of aromatic nitrogens is 4. The van der Waals surface area contributed by atoms with Gasteiger partial charge in [0.25, 0.3) is 0 Å². The van der Waals surface area contributed by atoms with E-state index in [1.807, 2.05) is 29.4 Å². The molecule has 20 heavy (non-hydrogen) atoms. The molecule has 0 spiro atoms. The van der Waals surface area contributed by atoms with E-state index >= 15 is 0 Å². The summed E-state index contributed by atoms with van der Waals surface area (Å²) in [4.78, 5) is 4.44. The Balaban J connectivity index is 2.14. The van der Waals surface area contributed by atoms with Crippen molar-refractivity contribution in [1.82, 2.24) is 19.3 Å². The summed E-state index contributed by atoms with van der Waals surface area (Å²) in [5, 5.41) is 4.23. The smallest absolute Gasteiger partial charge is 0.125 e. The molecule has 6 heteroatoms. The van der Waals surface area contributed by atoms with Crippen molar-refractivity contribution in [2.45, 2.75) is 19.3 Å². The second-order valence-electron chi connectivity index (χ2n) is 4.76. The van der Waals surface area contributed by atoms with Crippen LogP contribution in [0, 0.1) is 12.7 Å². The maximum atomic E-state index is 13.5. The van der Waals surface area contributed by atoms with Crippen LogP contribution in [-0.4, -0.2) is 19.3 Å². The van der Waals surface area contributed by atoms with Gasteiger partial charge in [0.2, 0.25) is 0 Å². The van der Waals surface area contributed by atoms with Gasteiger partial charge in [-0.25, -0.2) is 9.37 Å². The summed E-state index contributed by atoms with van der Waals surface area (Å²) >= 11 is 5.96. The van der Waals surface area contributed by atoms with E-state index in [0.717, 1.165) is 28.1 Å². The van der Waals surface area contributed by atoms with E-state index in [-0.39, 0.29) is 11.7 Å². The summed E-state index contributed by atoms with van der Waals surface area (Å²) in [6, 6.07) is 4.57. The van der Waals surface area contributed by atoms with Crippen LogP contribution >= 0.6 is 11.6 Å². The quantitative estimate of drug-likeness (QED) is 0.696. The van der Waals surface area contributed by atoms with Crippen molar-refractivity contribution in [3.63, 3.8) is 0 Å². The summed E-state index contributed by atoms with van der Waals surface area (Å²) in [5.74, 6) is 0.744. The van der Waals surface area contributed by atoms with Gasteiger partial charge in [0, 0.05) is 18.3 Å². The summed E-state index contributed by atoms with van der Waals surface area (Å²) in [6.45, 7) is 2.59. The van der Waals surface area contributed by atoms with Crippen LogP contribution in [0.1, 0.15) is 17.1 Å². The number of fused-ring (bicyclic) bond motifs is 1. The molecule has 0 unspecified atom stereocenters. The van der Waals surface area contributed by atoms with Gasteiger partial charge in [-0.15, -0.1) is 11.6 Å². The molecule has 1 aromatic carbocycles. The third-order valence-electron chi connectivity index (χ3n) is 3.57. The molecule has 0 aliphatic carbocycles. The lowest BCUT2D eigenvalue weighted by Crippen LogP contribution is -2.05. The van der Waals surface area contributed by atoms with E-state index in [9.17, 15) is 4.39 Å². The largest absolute Gasteiger partial charge is 0.322 e. The highest BCUT2D eigenvalue weighted by Gasteiger charge is 2.13. The molecule has 3 rings (SSSR count). The van der Waals surface area contributed by atoms with Gasteiger partial charge in [-0.3, -0.25) is 4.68 Å². The van der Waals surface area contributed by atoms with Crippen LogP contribution in [0.4, 0.5) is 4.39 Å². The first-order valence-corrected chi connectivity index (χ1v) is 6.81. The molecular weight excluding hydrogens is 279 g/mol. The van der Waals surface area contributed by atoms with Gasteiger partial charge in [-0.05, 0) is 25.1 Å². The van der Waals surface area contributed by atoms with Crippen molar-refractivity contribution >= 4 is 22.6 Å². The maximum absolute atomic E-state index is 13.5. The minimum Gasteiger partial charge on any atom is -0.322 e. The van der Waals surface area contributed by atoms with Crippen LogP contribution in [0.15, 0.2) is 24.4 Å². The molecule has 0 saturated heterocycles. The van der Waals surface area contributed by atoms with Gasteiger partial charge in [0.15, 0.2) is 0 Å². The topological polar surface area (TPSA) is 35.6 Å². The Kier molecular flexibility index (Phi) is 3.22. The van der Waals surface area contributed by atoms with Gasteiger partial charge in [0.05, 0.1) is 29.7 Å². The number of benzene rings is 1. The second-order valence-corrected chi connectivity index (χ2v) is 5.03. The first-order chi connectivity index (χ1) is 9.60. The van der Waals surface area contributed by atoms with Gasteiger partial charge in [-0.1, -0.05) is 0 Å². The highest BCUT2D eigenvalue weighted by atomic mass is 35.5. The third-order valence-corrected chi connectivity index (χ3v) is 3.81. The van der Waals surface area contributed by atoms with E-state index in [0.29, 0.717) is 6.54 Å². The number of rotatable bonds is 3. The normalized spacial score (nSPS) is 11.4. The molecule has 0 saturated carbocycles. The van der Waals surface area contributed by atoms with Gasteiger partial charge in [0.1, 0.15) is 11.6 Å². The van der Waals surface area contributed by atoms with Crippen molar-refractivity contribution in [3.8, 4) is 0 Å². The van der Waals surface area contributed by atoms with Gasteiger partial charge >= 0.3 is 0 Å². The summed E-state index contributed by atoms with van der Waals surface area (Å²) in [7, 11) is 1.90. The minimum absolute atomic E-state index is 0.275. The van der Waals surface area contributed by atoms with Crippen molar-refractivity contribution in [2.24, 2.45) is 7.05 Å². The fraction of sp³-hybridized carbons (Fsp3) is 0.286. The number of imidazole rings is 1. The fourth-order valence-corrected chi connectivity index (χ4v) is 2.50. The molecule has 3 aromatic rings. The van der Waals surface area contributed by atoms with Gasteiger partial charge in [-0.2, -0.15) is 5.10 Å². The first-order valence-electron chi connectivity index (χ1n) is 6.28. The average molecular weight is 293 g/mol. The Morgan fingerprint density at radius 1 is 1.35 bits per heavy atom. The predicted octanol–water partition coefficient (Wildman–Crippen LogP) is 3.00. The zero-order valence-electron chi connectivity index (χ0n) is 11.3. The lowest BCUT2D eigenvalue weighted by molar-refractivity contribution is 0.628. The van der Waals surface area contributed by atoms with Crippen molar-refractivity contribution in [3.05, 3.63) is 47.3 Å². The molecule has 2 heterocycles. The third kappa shape index (κ3) is 2.08. The van der Waals surface area contributed by atoms with Crippen LogP contribution in [-0.2, 0) is 19.5 Å². The Morgan fingerprint density at radius 3 is 2.80 bits per heavy atom. The van der Waals surface area contributed by atoms with E-state index < -0.39 is 0 Å². The molecule has 0 atom stereocenters. The van der Waals surface area contributed by atoms with E-state index in [4.69, 9.17) is 11.6 Å². The predicted molar refractivity (Wildman–Crippen MR) is 76.3 cm³/mol. The Bertz CT molecular complexity index is 775. The first kappa shape index (κ1) is 13.1. The molecule has 0 amide bonds. The lowest BCUT2D eigenvalue weighted by atomic mass is 10.2. The number of aryl methyl sites for hydroxylation is 1. The second kappa shape index (κ2) is 4.90. The highest BCUT2D eigenvalue weighted by Crippen LogP contribution is 2.21. The van der Waals surface area contributed by atoms with Crippen LogP contribution in [0.5, 0.6) is 0 Å². The standard InChI is InChI=1S/C14H14ClFN4/c1-9-10(7-17-19(9)2)8-20-13-5-11(16)3-4-12(13)18-14(20)6-15/h3-5,7H,6,8H2,1-2H3. The maximum Gasteiger partial charge on any atom is 0.125 e. The Labute approximate surface area is 120 Å². The summed E-state index contributed by atoms with van der Waals surface area (Å²) in [6.07, 6.45) is 1.82. The molecule has 0 aliphatic heterocycles. The minimum atomic E-state index is -0.275. The molecule has 2 aromatic heterocycles. The summed E-state index contributed by atoms with van der Waals surface area (Å²) in [5.41, 5.74) is 3.65. The van der Waals surface area contributed by atoms with E-state index in [2.05, 4.69) is 10.1 Å². The highest BCUT2D eigenvalue weighted by molar-refractivity contribution is 6.16. The molecule has 104 valence electrons. The number of nitrogens with zero attached hydrogens (tertiary/aromatic N) is 4. The molecule has 0 radical (unpaired) electrons. The molecule has 4 nitrogen and oxygen atoms in total. The van der Waals surface area contributed by atoms with Crippen molar-refractivity contribution < 1.29 is 4.39 Å². The fourth-order valence-electron chi connectivity index (χ4n) is 2.29. The SMILES string of the molecule is Cc1c(Cn2c(CCl)nc3ccc(F)cc32)cnn1C. The molecule has 0 fully saturated rings. The van der Waals surface area contributed by atoms with E-state index in [1.54, 1.807) is 6.07 Å². The average Bonchev–Trinajstić information content (AvgIpc) is 2.94. The lowest BCUT2D eigenvalue weighted by Gasteiger charge is -2.07. The Hall–Kier alpha value is -1.88. The zero-order valence-corrected chi connectivity index (χ0v) is 12.0. The molecule has 0 N–H and O–H groups in total. The van der Waals surface area contributed by atoms with Crippen LogP contribution in [0.2, 0.25) is 0 Å².